The summed E-state index contributed by atoms with van der Waals surface area (Å²) in [7, 11) is 1.83. The van der Waals surface area contributed by atoms with Crippen molar-refractivity contribution >= 4 is 28.3 Å². The van der Waals surface area contributed by atoms with Crippen molar-refractivity contribution in [3.05, 3.63) is 63.9 Å². The lowest BCUT2D eigenvalue weighted by molar-refractivity contribution is -0.142. The maximum atomic E-state index is 13.3. The van der Waals surface area contributed by atoms with Crippen LogP contribution in [0.3, 0.4) is 0 Å². The molecule has 12 heteroatoms. The summed E-state index contributed by atoms with van der Waals surface area (Å²) >= 11 is 1.40. The van der Waals surface area contributed by atoms with Gasteiger partial charge in [0.25, 0.3) is 5.91 Å². The summed E-state index contributed by atoms with van der Waals surface area (Å²) in [6.45, 7) is 3.11. The molecule has 1 fully saturated rings. The number of nitrogens with zero attached hydrogens (tertiary/aromatic N) is 6. The highest BCUT2D eigenvalue weighted by atomic mass is 32.1. The first kappa shape index (κ1) is 26.2. The quantitative estimate of drug-likeness (QED) is 0.481. The highest BCUT2D eigenvalue weighted by Crippen LogP contribution is 2.34. The Morgan fingerprint density at radius 2 is 1.89 bits per heavy atom. The molecule has 1 aliphatic heterocycles. The van der Waals surface area contributed by atoms with Gasteiger partial charge in [0.1, 0.15) is 12.2 Å². The van der Waals surface area contributed by atoms with E-state index in [4.69, 9.17) is 0 Å². The zero-order valence-electron chi connectivity index (χ0n) is 21.2. The first-order chi connectivity index (χ1) is 18.1. The van der Waals surface area contributed by atoms with Gasteiger partial charge in [-0.15, -0.1) is 11.3 Å². The summed E-state index contributed by atoms with van der Waals surface area (Å²) in [5, 5.41) is 6.04. The summed E-state index contributed by atoms with van der Waals surface area (Å²) in [6, 6.07) is 9.23. The fraction of sp³-hybridized carbons (Fsp3) is 0.462. The van der Waals surface area contributed by atoms with Gasteiger partial charge in [0, 0.05) is 44.3 Å². The minimum Gasteiger partial charge on any atom is -0.345 e. The van der Waals surface area contributed by atoms with Crippen LogP contribution in [0.1, 0.15) is 51.9 Å². The smallest absolute Gasteiger partial charge is 0.345 e. The second-order valence-corrected chi connectivity index (χ2v) is 10.6. The maximum absolute atomic E-state index is 13.3. The predicted molar refractivity (Wildman–Crippen MR) is 137 cm³/mol. The number of aromatic nitrogens is 3. The van der Waals surface area contributed by atoms with Crippen LogP contribution in [0.25, 0.3) is 0 Å². The number of thiazole rings is 1. The monoisotopic (exact) mass is 546 g/mol. The summed E-state index contributed by atoms with van der Waals surface area (Å²) in [6.07, 6.45) is -1.57. The molecule has 5 rings (SSSR count). The average Bonchev–Trinajstić information content (AvgIpc) is 3.55. The van der Waals surface area contributed by atoms with E-state index >= 15 is 0 Å². The van der Waals surface area contributed by atoms with Gasteiger partial charge >= 0.3 is 6.18 Å². The van der Waals surface area contributed by atoms with Gasteiger partial charge in [0.2, 0.25) is 5.91 Å². The van der Waals surface area contributed by atoms with E-state index in [0.29, 0.717) is 31.9 Å². The van der Waals surface area contributed by atoms with Gasteiger partial charge < -0.3 is 14.7 Å². The number of aryl methyl sites for hydroxylation is 2. The fourth-order valence-corrected chi connectivity index (χ4v) is 6.00. The van der Waals surface area contributed by atoms with Crippen molar-refractivity contribution in [1.82, 2.24) is 24.6 Å². The number of carbonyl (C=O) groups is 2. The molecule has 202 valence electrons. The molecule has 0 saturated carbocycles. The number of hydrogen-bond acceptors (Lipinski definition) is 6. The predicted octanol–water partition coefficient (Wildman–Crippen LogP) is 4.17. The molecular weight excluding hydrogens is 517 g/mol. The molecule has 1 aromatic carbocycles. The topological polar surface area (TPSA) is 74.6 Å². The second kappa shape index (κ2) is 10.4. The third-order valence-corrected chi connectivity index (χ3v) is 8.20. The first-order valence-electron chi connectivity index (χ1n) is 12.6. The summed E-state index contributed by atoms with van der Waals surface area (Å²) in [5.74, 6) is -0.398. The summed E-state index contributed by atoms with van der Waals surface area (Å²) in [5.41, 5.74) is 2.18. The van der Waals surface area contributed by atoms with Gasteiger partial charge in [-0.05, 0) is 43.4 Å². The standard InChI is InChI=1S/C26H29F3N6O2S/c1-17-14-22(26(27,28)29)31-35(17)15-23(36)33-10-12-34(13-11-33)25-30-20(16-38-25)24(37)32(2)21-9-5-7-18-6-3-4-8-19(18)21/h3-4,6,8,14,16,21H,5,7,9-13,15H2,1-2H3/t21-/m1/s1. The van der Waals surface area contributed by atoms with Gasteiger partial charge in [-0.3, -0.25) is 14.3 Å². The molecule has 3 heterocycles. The van der Waals surface area contributed by atoms with Crippen LogP contribution in [0.5, 0.6) is 0 Å². The van der Waals surface area contributed by atoms with E-state index < -0.39 is 11.9 Å². The number of amides is 2. The van der Waals surface area contributed by atoms with Crippen LogP contribution < -0.4 is 4.90 Å². The minimum atomic E-state index is -4.55. The number of halogens is 3. The van der Waals surface area contributed by atoms with Crippen LogP contribution in [0.15, 0.2) is 35.7 Å². The molecule has 0 spiro atoms. The van der Waals surface area contributed by atoms with E-state index in [1.807, 2.05) is 24.1 Å². The molecule has 38 heavy (non-hydrogen) atoms. The lowest BCUT2D eigenvalue weighted by Gasteiger charge is -2.34. The molecule has 0 N–H and O–H groups in total. The van der Waals surface area contributed by atoms with Gasteiger partial charge in [-0.25, -0.2) is 4.98 Å². The Morgan fingerprint density at radius 1 is 1.16 bits per heavy atom. The molecule has 0 bridgehead atoms. The van der Waals surface area contributed by atoms with Crippen molar-refractivity contribution in [2.75, 3.05) is 38.1 Å². The molecule has 2 amide bonds. The highest BCUT2D eigenvalue weighted by Gasteiger charge is 2.35. The van der Waals surface area contributed by atoms with Crippen molar-refractivity contribution in [2.45, 2.75) is 44.9 Å². The van der Waals surface area contributed by atoms with E-state index in [1.165, 1.54) is 29.4 Å². The van der Waals surface area contributed by atoms with Gasteiger partial charge in [-0.2, -0.15) is 18.3 Å². The largest absolute Gasteiger partial charge is 0.435 e. The molecule has 2 aromatic heterocycles. The van der Waals surface area contributed by atoms with E-state index in [-0.39, 0.29) is 30.1 Å². The Balaban J connectivity index is 1.18. The third-order valence-electron chi connectivity index (χ3n) is 7.30. The lowest BCUT2D eigenvalue weighted by atomic mass is 9.87. The molecule has 1 atom stereocenters. The summed E-state index contributed by atoms with van der Waals surface area (Å²) < 4.78 is 39.9. The van der Waals surface area contributed by atoms with Crippen LogP contribution in [0.4, 0.5) is 18.3 Å². The number of alkyl halides is 3. The molecule has 8 nitrogen and oxygen atoms in total. The minimum absolute atomic E-state index is 0.0257. The van der Waals surface area contributed by atoms with Crippen molar-refractivity contribution in [3.8, 4) is 0 Å². The van der Waals surface area contributed by atoms with Crippen LogP contribution in [0, 0.1) is 6.92 Å². The van der Waals surface area contributed by atoms with E-state index in [1.54, 1.807) is 15.2 Å². The number of piperazine rings is 1. The van der Waals surface area contributed by atoms with Crippen LogP contribution in [0.2, 0.25) is 0 Å². The van der Waals surface area contributed by atoms with Gasteiger partial charge in [-0.1, -0.05) is 24.3 Å². The van der Waals surface area contributed by atoms with Gasteiger partial charge in [0.05, 0.1) is 6.04 Å². The van der Waals surface area contributed by atoms with E-state index in [9.17, 15) is 22.8 Å². The lowest BCUT2D eigenvalue weighted by Crippen LogP contribution is -2.49. The Morgan fingerprint density at radius 3 is 2.61 bits per heavy atom. The Hall–Kier alpha value is -3.41. The van der Waals surface area contributed by atoms with Gasteiger partial charge in [0.15, 0.2) is 10.8 Å². The normalized spacial score (nSPS) is 17.9. The van der Waals surface area contributed by atoms with Crippen molar-refractivity contribution in [3.63, 3.8) is 0 Å². The van der Waals surface area contributed by atoms with E-state index in [2.05, 4.69) is 22.2 Å². The Bertz CT molecular complexity index is 1330. The number of rotatable bonds is 5. The molecule has 0 radical (unpaired) electrons. The van der Waals surface area contributed by atoms with E-state index in [0.717, 1.165) is 35.1 Å². The molecule has 3 aromatic rings. The Labute approximate surface area is 222 Å². The van der Waals surface area contributed by atoms with Crippen molar-refractivity contribution < 1.29 is 22.8 Å². The third kappa shape index (κ3) is 5.27. The molecule has 0 unspecified atom stereocenters. The summed E-state index contributed by atoms with van der Waals surface area (Å²) in [4.78, 5) is 36.1. The number of hydrogen-bond donors (Lipinski definition) is 0. The number of anilines is 1. The number of carbonyl (C=O) groups excluding carboxylic acids is 2. The van der Waals surface area contributed by atoms with Crippen molar-refractivity contribution in [2.24, 2.45) is 0 Å². The van der Waals surface area contributed by atoms with Crippen molar-refractivity contribution in [1.29, 1.82) is 0 Å². The maximum Gasteiger partial charge on any atom is 0.435 e. The fourth-order valence-electron chi connectivity index (χ4n) is 5.14. The second-order valence-electron chi connectivity index (χ2n) is 9.73. The molecule has 1 aliphatic carbocycles. The zero-order valence-corrected chi connectivity index (χ0v) is 22.1. The molecule has 1 saturated heterocycles. The number of benzene rings is 1. The number of fused-ring (bicyclic) bond motifs is 1. The first-order valence-corrected chi connectivity index (χ1v) is 13.4. The zero-order chi connectivity index (χ0) is 27.0. The van der Waals surface area contributed by atoms with Crippen LogP contribution in [-0.2, 0) is 23.9 Å². The van der Waals surface area contributed by atoms with Crippen LogP contribution in [-0.4, -0.2) is 69.6 Å². The van der Waals surface area contributed by atoms with Crippen LogP contribution >= 0.6 is 11.3 Å². The molecule has 2 aliphatic rings. The molecular formula is C26H29F3N6O2S. The SMILES string of the molecule is Cc1cc(C(F)(F)F)nn1CC(=O)N1CCN(c2nc(C(=O)N(C)[C@@H]3CCCc4ccccc43)cs2)CC1. The Kier molecular flexibility index (Phi) is 7.17. The highest BCUT2D eigenvalue weighted by molar-refractivity contribution is 7.13. The average molecular weight is 547 g/mol.